The van der Waals surface area contributed by atoms with Gasteiger partial charge in [0, 0.05) is 24.1 Å². The van der Waals surface area contributed by atoms with E-state index in [1.54, 1.807) is 29.8 Å². The Morgan fingerprint density at radius 3 is 2.50 bits per heavy atom. The molecule has 0 amide bonds. The van der Waals surface area contributed by atoms with E-state index in [0.29, 0.717) is 10.0 Å². The zero-order valence-electron chi connectivity index (χ0n) is 13.2. The van der Waals surface area contributed by atoms with Crippen LogP contribution >= 0.6 is 23.2 Å². The number of aryl methyl sites for hydroxylation is 1. The standard InChI is InChI=1S/C15H14Cl2N4O3/c1-19-12-11(13(22)20(2)15(19)23)21(14(18-12)24-3)7-8-4-5-9(16)6-10(8)17/h4-6H,7H2,1-3H3. The van der Waals surface area contributed by atoms with Crippen molar-refractivity contribution in [3.8, 4) is 6.01 Å². The monoisotopic (exact) mass is 368 g/mol. The normalized spacial score (nSPS) is 11.2. The number of methoxy groups -OCH3 is 1. The van der Waals surface area contributed by atoms with Gasteiger partial charge in [-0.05, 0) is 17.7 Å². The molecule has 9 heteroatoms. The highest BCUT2D eigenvalue weighted by Gasteiger charge is 2.20. The van der Waals surface area contributed by atoms with E-state index in [4.69, 9.17) is 27.9 Å². The fourth-order valence-electron chi connectivity index (χ4n) is 2.55. The van der Waals surface area contributed by atoms with Gasteiger partial charge < -0.3 is 4.74 Å². The maximum absolute atomic E-state index is 12.6. The predicted molar refractivity (Wildman–Crippen MR) is 92.3 cm³/mol. The topological polar surface area (TPSA) is 71.1 Å². The molecular weight excluding hydrogens is 355 g/mol. The van der Waals surface area contributed by atoms with Crippen LogP contribution in [0.5, 0.6) is 6.01 Å². The zero-order valence-corrected chi connectivity index (χ0v) is 14.7. The molecule has 0 unspecified atom stereocenters. The van der Waals surface area contributed by atoms with Crippen molar-refractivity contribution in [3.05, 3.63) is 54.6 Å². The van der Waals surface area contributed by atoms with Crippen molar-refractivity contribution in [1.29, 1.82) is 0 Å². The lowest BCUT2D eigenvalue weighted by atomic mass is 10.2. The first-order valence-electron chi connectivity index (χ1n) is 6.99. The van der Waals surface area contributed by atoms with Gasteiger partial charge in [0.25, 0.3) is 11.6 Å². The number of fused-ring (bicyclic) bond motifs is 1. The Hall–Kier alpha value is -2.25. The minimum Gasteiger partial charge on any atom is -0.468 e. The van der Waals surface area contributed by atoms with E-state index in [0.717, 1.165) is 10.1 Å². The summed E-state index contributed by atoms with van der Waals surface area (Å²) >= 11 is 12.1. The quantitative estimate of drug-likeness (QED) is 0.706. The first kappa shape index (κ1) is 16.6. The number of benzene rings is 1. The molecule has 24 heavy (non-hydrogen) atoms. The number of aromatic nitrogens is 4. The van der Waals surface area contributed by atoms with Crippen LogP contribution in [0, 0.1) is 0 Å². The van der Waals surface area contributed by atoms with E-state index in [1.807, 2.05) is 0 Å². The van der Waals surface area contributed by atoms with Crippen LogP contribution in [-0.4, -0.2) is 25.8 Å². The minimum atomic E-state index is -0.454. The predicted octanol–water partition coefficient (Wildman–Crippen LogP) is 1.80. The van der Waals surface area contributed by atoms with Gasteiger partial charge in [0.1, 0.15) is 0 Å². The van der Waals surface area contributed by atoms with Crippen LogP contribution in [0.15, 0.2) is 27.8 Å². The van der Waals surface area contributed by atoms with Gasteiger partial charge >= 0.3 is 5.69 Å². The van der Waals surface area contributed by atoms with Gasteiger partial charge in [-0.1, -0.05) is 29.3 Å². The van der Waals surface area contributed by atoms with Gasteiger partial charge in [-0.3, -0.25) is 18.5 Å². The van der Waals surface area contributed by atoms with E-state index < -0.39 is 11.2 Å². The average Bonchev–Trinajstić information content (AvgIpc) is 2.92. The number of nitrogens with zero attached hydrogens (tertiary/aromatic N) is 4. The van der Waals surface area contributed by atoms with Crippen LogP contribution in [0.4, 0.5) is 0 Å². The third-order valence-electron chi connectivity index (χ3n) is 3.84. The summed E-state index contributed by atoms with van der Waals surface area (Å²) in [5.41, 5.74) is 0.361. The first-order chi connectivity index (χ1) is 11.3. The summed E-state index contributed by atoms with van der Waals surface area (Å²) in [5, 5.41) is 0.984. The molecule has 0 saturated carbocycles. The second-order valence-electron chi connectivity index (χ2n) is 5.30. The molecule has 0 fully saturated rings. The van der Waals surface area contributed by atoms with E-state index >= 15 is 0 Å². The second-order valence-corrected chi connectivity index (χ2v) is 6.14. The Morgan fingerprint density at radius 1 is 1.17 bits per heavy atom. The number of hydrogen-bond acceptors (Lipinski definition) is 4. The maximum Gasteiger partial charge on any atom is 0.332 e. The molecule has 0 radical (unpaired) electrons. The molecule has 0 aliphatic heterocycles. The van der Waals surface area contributed by atoms with Crippen molar-refractivity contribution >= 4 is 34.4 Å². The highest BCUT2D eigenvalue weighted by Crippen LogP contribution is 2.25. The molecule has 0 aliphatic rings. The third-order valence-corrected chi connectivity index (χ3v) is 4.43. The maximum atomic E-state index is 12.6. The highest BCUT2D eigenvalue weighted by molar-refractivity contribution is 6.35. The molecule has 3 rings (SSSR count). The van der Waals surface area contributed by atoms with Crippen LogP contribution in [0.3, 0.4) is 0 Å². The molecule has 0 bridgehead atoms. The Morgan fingerprint density at radius 2 is 1.88 bits per heavy atom. The lowest BCUT2D eigenvalue weighted by Crippen LogP contribution is -2.37. The summed E-state index contributed by atoms with van der Waals surface area (Å²) in [7, 11) is 4.42. The Labute approximate surface area is 146 Å². The molecule has 2 aromatic heterocycles. The Kier molecular flexibility index (Phi) is 4.15. The largest absolute Gasteiger partial charge is 0.468 e. The highest BCUT2D eigenvalue weighted by atomic mass is 35.5. The van der Waals surface area contributed by atoms with Crippen molar-refractivity contribution < 1.29 is 4.74 Å². The molecule has 0 N–H and O–H groups in total. The molecule has 3 aromatic rings. The van der Waals surface area contributed by atoms with E-state index in [2.05, 4.69) is 4.98 Å². The summed E-state index contributed by atoms with van der Waals surface area (Å²) < 4.78 is 9.20. The van der Waals surface area contributed by atoms with Crippen LogP contribution in [-0.2, 0) is 20.6 Å². The van der Waals surface area contributed by atoms with Gasteiger partial charge in [0.2, 0.25) is 0 Å². The summed E-state index contributed by atoms with van der Waals surface area (Å²) in [6, 6.07) is 5.32. The Balaban J connectivity index is 2.31. The third kappa shape index (κ3) is 2.50. The molecule has 0 aliphatic carbocycles. The number of imidazole rings is 1. The molecule has 1 aromatic carbocycles. The summed E-state index contributed by atoms with van der Waals surface area (Å²) in [5.74, 6) is 0. The molecule has 126 valence electrons. The zero-order chi connectivity index (χ0) is 17.6. The number of hydrogen-bond donors (Lipinski definition) is 0. The second kappa shape index (κ2) is 5.99. The molecule has 7 nitrogen and oxygen atoms in total. The van der Waals surface area contributed by atoms with Crippen LogP contribution in [0.2, 0.25) is 10.0 Å². The van der Waals surface area contributed by atoms with Crippen molar-refractivity contribution in [3.63, 3.8) is 0 Å². The summed E-state index contributed by atoms with van der Waals surface area (Å²) in [6.45, 7) is 0.253. The van der Waals surface area contributed by atoms with E-state index in [1.165, 1.54) is 18.7 Å². The van der Waals surface area contributed by atoms with Gasteiger partial charge in [-0.2, -0.15) is 4.98 Å². The van der Waals surface area contributed by atoms with Gasteiger partial charge in [0.15, 0.2) is 11.2 Å². The smallest absolute Gasteiger partial charge is 0.332 e. The van der Waals surface area contributed by atoms with Crippen LogP contribution in [0.1, 0.15) is 5.56 Å². The van der Waals surface area contributed by atoms with E-state index in [-0.39, 0.29) is 23.7 Å². The number of ether oxygens (including phenoxy) is 1. The lowest BCUT2D eigenvalue weighted by Gasteiger charge is -2.10. The van der Waals surface area contributed by atoms with Crippen molar-refractivity contribution in [1.82, 2.24) is 18.7 Å². The molecular formula is C15H14Cl2N4O3. The van der Waals surface area contributed by atoms with Crippen LogP contribution in [0.25, 0.3) is 11.2 Å². The molecule has 0 saturated heterocycles. The first-order valence-corrected chi connectivity index (χ1v) is 7.75. The number of halogens is 2. The summed E-state index contributed by atoms with van der Waals surface area (Å²) in [6.07, 6.45) is 0. The fourth-order valence-corrected chi connectivity index (χ4v) is 3.02. The lowest BCUT2D eigenvalue weighted by molar-refractivity contribution is 0.364. The molecule has 0 spiro atoms. The fraction of sp³-hybridized carbons (Fsp3) is 0.267. The molecule has 0 atom stereocenters. The van der Waals surface area contributed by atoms with Gasteiger partial charge in [0.05, 0.1) is 13.7 Å². The average molecular weight is 369 g/mol. The van der Waals surface area contributed by atoms with Gasteiger partial charge in [-0.25, -0.2) is 4.79 Å². The van der Waals surface area contributed by atoms with Crippen molar-refractivity contribution in [2.24, 2.45) is 14.1 Å². The van der Waals surface area contributed by atoms with E-state index in [9.17, 15) is 9.59 Å². The SMILES string of the molecule is COc1nc2c(c(=O)n(C)c(=O)n2C)n1Cc1ccc(Cl)cc1Cl. The minimum absolute atomic E-state index is 0.217. The summed E-state index contributed by atoms with van der Waals surface area (Å²) in [4.78, 5) is 28.9. The molecule has 2 heterocycles. The van der Waals surface area contributed by atoms with Crippen molar-refractivity contribution in [2.45, 2.75) is 6.54 Å². The Bertz CT molecular complexity index is 1070. The van der Waals surface area contributed by atoms with Crippen LogP contribution < -0.4 is 16.0 Å². The number of rotatable bonds is 3. The van der Waals surface area contributed by atoms with Crippen molar-refractivity contribution in [2.75, 3.05) is 7.11 Å². The van der Waals surface area contributed by atoms with Gasteiger partial charge in [-0.15, -0.1) is 0 Å².